The lowest BCUT2D eigenvalue weighted by atomic mass is 9.78. The summed E-state index contributed by atoms with van der Waals surface area (Å²) in [6, 6.07) is 14.7. The van der Waals surface area contributed by atoms with E-state index in [-0.39, 0.29) is 18.2 Å². The van der Waals surface area contributed by atoms with E-state index in [2.05, 4.69) is 10.3 Å². The van der Waals surface area contributed by atoms with Crippen molar-refractivity contribution in [2.45, 2.75) is 38.7 Å². The quantitative estimate of drug-likeness (QED) is 0.555. The number of phenolic OH excluding ortho intramolecular Hbond substituents is 1. The minimum absolute atomic E-state index is 0.115. The van der Waals surface area contributed by atoms with Crippen molar-refractivity contribution in [3.05, 3.63) is 77.1 Å². The van der Waals surface area contributed by atoms with Gasteiger partial charge in [0.15, 0.2) is 0 Å². The first-order valence-electron chi connectivity index (χ1n) is 10.9. The topological polar surface area (TPSA) is 91.8 Å². The molecule has 168 valence electrons. The number of benzene rings is 2. The zero-order valence-corrected chi connectivity index (χ0v) is 18.8. The number of fused-ring (bicyclic) bond motifs is 3. The van der Waals surface area contributed by atoms with E-state index >= 15 is 0 Å². The van der Waals surface area contributed by atoms with E-state index in [1.807, 2.05) is 30.3 Å². The first kappa shape index (κ1) is 21.0. The van der Waals surface area contributed by atoms with E-state index in [4.69, 9.17) is 4.74 Å². The Bertz CT molecular complexity index is 1320. The van der Waals surface area contributed by atoms with Crippen molar-refractivity contribution in [2.24, 2.45) is 0 Å². The molecule has 2 aliphatic heterocycles. The number of nitrogens with zero attached hydrogens (tertiary/aromatic N) is 2. The number of phenols is 1. The highest BCUT2D eigenvalue weighted by Crippen LogP contribution is 2.47. The van der Waals surface area contributed by atoms with Gasteiger partial charge in [-0.2, -0.15) is 0 Å². The Kier molecular flexibility index (Phi) is 4.85. The Balaban J connectivity index is 1.67. The van der Waals surface area contributed by atoms with Gasteiger partial charge in [-0.1, -0.05) is 18.2 Å². The lowest BCUT2D eigenvalue weighted by Crippen LogP contribution is -2.47. The van der Waals surface area contributed by atoms with E-state index < -0.39 is 17.6 Å². The van der Waals surface area contributed by atoms with E-state index in [1.54, 1.807) is 45.2 Å². The van der Waals surface area contributed by atoms with Gasteiger partial charge in [-0.15, -0.1) is 0 Å². The number of hydrogen-bond donors (Lipinski definition) is 2. The Morgan fingerprint density at radius 2 is 2.00 bits per heavy atom. The average Bonchev–Trinajstić information content (AvgIpc) is 2.76. The van der Waals surface area contributed by atoms with E-state index in [0.29, 0.717) is 12.0 Å². The Morgan fingerprint density at radius 3 is 2.76 bits per heavy atom. The smallest absolute Gasteiger partial charge is 0.417 e. The van der Waals surface area contributed by atoms with Gasteiger partial charge < -0.3 is 15.2 Å². The summed E-state index contributed by atoms with van der Waals surface area (Å²) in [5, 5.41) is 14.6. The molecule has 7 heteroatoms. The number of nitrogens with one attached hydrogen (secondary N) is 1. The van der Waals surface area contributed by atoms with Crippen LogP contribution in [0.1, 0.15) is 44.2 Å². The number of pyridine rings is 1. The molecule has 3 aromatic rings. The number of hydrogen-bond acceptors (Lipinski definition) is 6. The number of carbonyl (C=O) groups is 2. The second-order valence-electron chi connectivity index (χ2n) is 9.33. The molecular weight excluding hydrogens is 418 g/mol. The summed E-state index contributed by atoms with van der Waals surface area (Å²) in [7, 11) is 0. The van der Waals surface area contributed by atoms with Crippen LogP contribution in [0.3, 0.4) is 0 Å². The van der Waals surface area contributed by atoms with Crippen LogP contribution in [0.2, 0.25) is 0 Å². The van der Waals surface area contributed by atoms with Crippen LogP contribution in [0, 0.1) is 0 Å². The molecule has 2 N–H and O–H groups in total. The SMILES string of the molecule is CC(C)(C)OC(=O)N1CCC2=C(C1=O)C(c1cccc(O)c1)c1ccc3ncccc3c1N2. The molecule has 0 aliphatic carbocycles. The van der Waals surface area contributed by atoms with Gasteiger partial charge in [-0.25, -0.2) is 9.69 Å². The van der Waals surface area contributed by atoms with Crippen LogP contribution in [0.25, 0.3) is 10.9 Å². The lowest BCUT2D eigenvalue weighted by Gasteiger charge is -2.38. The van der Waals surface area contributed by atoms with Crippen LogP contribution in [0.5, 0.6) is 5.75 Å². The highest BCUT2D eigenvalue weighted by atomic mass is 16.6. The molecule has 2 amide bonds. The predicted octanol–water partition coefficient (Wildman–Crippen LogP) is 4.92. The molecule has 1 aromatic heterocycles. The summed E-state index contributed by atoms with van der Waals surface area (Å²) < 4.78 is 5.49. The van der Waals surface area contributed by atoms with E-state index in [1.165, 1.54) is 4.90 Å². The number of imide groups is 1. The van der Waals surface area contributed by atoms with Crippen LogP contribution < -0.4 is 5.32 Å². The first-order chi connectivity index (χ1) is 15.7. The number of aromatic hydroxyl groups is 1. The van der Waals surface area contributed by atoms with Gasteiger partial charge in [-0.3, -0.25) is 9.78 Å². The van der Waals surface area contributed by atoms with Gasteiger partial charge in [0.1, 0.15) is 11.4 Å². The van der Waals surface area contributed by atoms with E-state index in [0.717, 1.165) is 33.4 Å². The summed E-state index contributed by atoms with van der Waals surface area (Å²) in [4.78, 5) is 32.1. The maximum absolute atomic E-state index is 13.7. The minimum Gasteiger partial charge on any atom is -0.508 e. The normalized spacial score (nSPS) is 18.0. The van der Waals surface area contributed by atoms with Gasteiger partial charge in [-0.05, 0) is 62.2 Å². The molecule has 0 saturated heterocycles. The first-order valence-corrected chi connectivity index (χ1v) is 10.9. The summed E-state index contributed by atoms with van der Waals surface area (Å²) in [5.74, 6) is -0.724. The van der Waals surface area contributed by atoms with E-state index in [9.17, 15) is 14.7 Å². The van der Waals surface area contributed by atoms with Crippen molar-refractivity contribution in [1.82, 2.24) is 9.88 Å². The third kappa shape index (κ3) is 3.69. The average molecular weight is 444 g/mol. The van der Waals surface area contributed by atoms with Crippen molar-refractivity contribution >= 4 is 28.6 Å². The van der Waals surface area contributed by atoms with Crippen LogP contribution >= 0.6 is 0 Å². The van der Waals surface area contributed by atoms with Crippen molar-refractivity contribution < 1.29 is 19.4 Å². The van der Waals surface area contributed by atoms with Crippen molar-refractivity contribution in [2.75, 3.05) is 11.9 Å². The van der Waals surface area contributed by atoms with Crippen LogP contribution in [-0.4, -0.2) is 39.1 Å². The fourth-order valence-corrected chi connectivity index (χ4v) is 4.56. The number of ether oxygens (including phenoxy) is 1. The molecule has 33 heavy (non-hydrogen) atoms. The van der Waals surface area contributed by atoms with Gasteiger partial charge >= 0.3 is 6.09 Å². The molecular formula is C26H25N3O4. The Labute approximate surface area is 191 Å². The molecule has 0 bridgehead atoms. The Hall–Kier alpha value is -3.87. The molecule has 0 radical (unpaired) electrons. The second-order valence-corrected chi connectivity index (χ2v) is 9.33. The zero-order valence-electron chi connectivity index (χ0n) is 18.8. The monoisotopic (exact) mass is 443 g/mol. The fraction of sp³-hybridized carbons (Fsp3) is 0.269. The fourth-order valence-electron chi connectivity index (χ4n) is 4.56. The lowest BCUT2D eigenvalue weighted by molar-refractivity contribution is -0.127. The van der Waals surface area contributed by atoms with Gasteiger partial charge in [0.05, 0.1) is 11.2 Å². The zero-order chi connectivity index (χ0) is 23.3. The molecule has 1 atom stereocenters. The molecule has 7 nitrogen and oxygen atoms in total. The molecule has 0 saturated carbocycles. The number of anilines is 1. The second kappa shape index (κ2) is 7.62. The maximum atomic E-state index is 13.7. The molecule has 5 rings (SSSR count). The summed E-state index contributed by atoms with van der Waals surface area (Å²) in [5.41, 5.74) is 3.96. The minimum atomic E-state index is -0.708. The molecule has 1 unspecified atom stereocenters. The molecule has 2 aliphatic rings. The summed E-state index contributed by atoms with van der Waals surface area (Å²) >= 11 is 0. The van der Waals surface area contributed by atoms with Crippen LogP contribution in [0.15, 0.2) is 66.0 Å². The highest BCUT2D eigenvalue weighted by molar-refractivity contribution is 6.08. The highest BCUT2D eigenvalue weighted by Gasteiger charge is 2.41. The third-order valence-corrected chi connectivity index (χ3v) is 5.90. The number of carbonyl (C=O) groups excluding carboxylic acids is 2. The van der Waals surface area contributed by atoms with Crippen molar-refractivity contribution in [3.8, 4) is 5.75 Å². The molecule has 2 aromatic carbocycles. The number of aromatic nitrogens is 1. The predicted molar refractivity (Wildman–Crippen MR) is 125 cm³/mol. The van der Waals surface area contributed by atoms with Crippen molar-refractivity contribution in [1.29, 1.82) is 0 Å². The Morgan fingerprint density at radius 1 is 1.18 bits per heavy atom. The largest absolute Gasteiger partial charge is 0.508 e. The molecule has 3 heterocycles. The van der Waals surface area contributed by atoms with Crippen molar-refractivity contribution in [3.63, 3.8) is 0 Å². The van der Waals surface area contributed by atoms with Gasteiger partial charge in [0, 0.05) is 41.7 Å². The molecule has 0 spiro atoms. The standard InChI is InChI=1S/C26H25N3O4/c1-26(2,3)33-25(32)29-13-11-20-22(24(29)31)21(15-6-4-7-16(30)14-15)18-9-10-19-17(23(18)28-20)8-5-12-27-19/h4-10,12,14,21,28,30H,11,13H2,1-3H3. The third-order valence-electron chi connectivity index (χ3n) is 5.90. The van der Waals surface area contributed by atoms with Gasteiger partial charge in [0.2, 0.25) is 0 Å². The maximum Gasteiger partial charge on any atom is 0.417 e. The number of rotatable bonds is 1. The summed E-state index contributed by atoms with van der Waals surface area (Å²) in [6.07, 6.45) is 1.58. The molecule has 0 fully saturated rings. The van der Waals surface area contributed by atoms with Crippen LogP contribution in [0.4, 0.5) is 10.5 Å². The van der Waals surface area contributed by atoms with Gasteiger partial charge in [0.25, 0.3) is 5.91 Å². The summed E-state index contributed by atoms with van der Waals surface area (Å²) in [6.45, 7) is 5.55. The van der Waals surface area contributed by atoms with Crippen LogP contribution in [-0.2, 0) is 9.53 Å². The number of amides is 2.